The Balaban J connectivity index is 0.000000141. The number of benzene rings is 4. The van der Waals surface area contributed by atoms with Crippen LogP contribution in [0.5, 0.6) is 0 Å². The molecular formula is C48H32F6N8O6RuS2. The topological polar surface area (TPSA) is 223 Å². The van der Waals surface area contributed by atoms with Gasteiger partial charge in [0.25, 0.3) is 0 Å². The number of alkyl halides is 6. The number of para-hydroxylation sites is 2. The minimum atomic E-state index is -6.09. The SMILES string of the molecule is O=S(=O)([O-])C(F)(F)F.O=S(=O)([O-])C(F)(F)F.[Ru+2].c1ccc2c(c1)[nH]c1cnccc12.c1ccc2c(c1)[nH]c1cnccc12.c1cnc2c(c1)ccc1cccnc12.c1cnc2c(c1)ccc1cccnc12. The number of rotatable bonds is 0. The van der Waals surface area contributed by atoms with Crippen molar-refractivity contribution in [3.05, 3.63) is 183 Å². The molecule has 8 aromatic heterocycles. The van der Waals surface area contributed by atoms with Crippen LogP contribution in [-0.2, 0) is 39.7 Å². The first-order valence-corrected chi connectivity index (χ1v) is 22.9. The second-order valence-corrected chi connectivity index (χ2v) is 17.2. The first-order chi connectivity index (χ1) is 33.3. The van der Waals surface area contributed by atoms with E-state index in [-0.39, 0.29) is 19.5 Å². The van der Waals surface area contributed by atoms with Crippen LogP contribution in [0.4, 0.5) is 26.3 Å². The van der Waals surface area contributed by atoms with Crippen molar-refractivity contribution in [1.29, 1.82) is 0 Å². The summed E-state index contributed by atoms with van der Waals surface area (Å²) in [6.45, 7) is 0. The van der Waals surface area contributed by atoms with E-state index in [9.17, 15) is 26.3 Å². The summed E-state index contributed by atoms with van der Waals surface area (Å²) in [4.78, 5) is 32.2. The maximum absolute atomic E-state index is 10.7. The molecule has 12 aromatic rings. The van der Waals surface area contributed by atoms with Crippen LogP contribution in [0.1, 0.15) is 0 Å². The normalized spacial score (nSPS) is 11.5. The molecule has 0 bridgehead atoms. The molecule has 0 aliphatic carbocycles. The van der Waals surface area contributed by atoms with Crippen LogP contribution in [0.25, 0.3) is 87.2 Å². The molecule has 362 valence electrons. The van der Waals surface area contributed by atoms with Crippen LogP contribution in [-0.4, -0.2) is 76.8 Å². The number of H-pyrrole nitrogens is 2. The maximum Gasteiger partial charge on any atom is 2.00 e. The van der Waals surface area contributed by atoms with Crippen molar-refractivity contribution in [3.63, 3.8) is 0 Å². The van der Waals surface area contributed by atoms with E-state index in [1.807, 2.05) is 73.3 Å². The average molecular weight is 1100 g/mol. The van der Waals surface area contributed by atoms with E-state index < -0.39 is 31.3 Å². The van der Waals surface area contributed by atoms with Crippen molar-refractivity contribution in [3.8, 4) is 0 Å². The Bertz CT molecular complexity index is 3530. The van der Waals surface area contributed by atoms with E-state index in [0.29, 0.717) is 0 Å². The smallest absolute Gasteiger partial charge is 0.741 e. The van der Waals surface area contributed by atoms with Gasteiger partial charge >= 0.3 is 30.5 Å². The van der Waals surface area contributed by atoms with Gasteiger partial charge in [0.1, 0.15) is 0 Å². The van der Waals surface area contributed by atoms with Gasteiger partial charge in [-0.05, 0) is 48.5 Å². The summed E-state index contributed by atoms with van der Waals surface area (Å²) < 4.78 is 118. The molecule has 0 saturated carbocycles. The Morgan fingerprint density at radius 3 is 0.915 bits per heavy atom. The van der Waals surface area contributed by atoms with Crippen molar-refractivity contribution < 1.29 is 71.8 Å². The molecule has 8 heterocycles. The Hall–Kier alpha value is -7.56. The fourth-order valence-electron chi connectivity index (χ4n) is 6.76. The summed E-state index contributed by atoms with van der Waals surface area (Å²) in [5.74, 6) is 0. The molecule has 23 heteroatoms. The Morgan fingerprint density at radius 2 is 0.634 bits per heavy atom. The molecule has 0 unspecified atom stereocenters. The number of pyridine rings is 6. The number of fused-ring (bicyclic) bond motifs is 12. The van der Waals surface area contributed by atoms with Crippen LogP contribution in [0.2, 0.25) is 0 Å². The molecule has 0 aliphatic rings. The third kappa shape index (κ3) is 13.0. The predicted molar refractivity (Wildman–Crippen MR) is 253 cm³/mol. The standard InChI is InChI=1S/2C12H8N2.2C11H8N2.2CHF3O3S.Ru/c2*1-3-9-5-6-10-4-2-8-14-12(10)11(9)13-7-1;2*1-2-4-10-8(3-1)9-5-6-12-7-11(9)13-10;2*2-1(3,4)8(5,6)7;/h2*1-8H;2*1-7,13H;2*(H,5,6,7);/q;;;;;;+2/p-2. The van der Waals surface area contributed by atoms with Gasteiger partial charge in [-0.1, -0.05) is 84.9 Å². The molecular weight excluding hydrogens is 1060 g/mol. The molecule has 4 aromatic carbocycles. The maximum atomic E-state index is 10.7. The molecule has 0 radical (unpaired) electrons. The zero-order valence-electron chi connectivity index (χ0n) is 35.9. The molecule has 12 rings (SSSR count). The molecule has 0 atom stereocenters. The summed E-state index contributed by atoms with van der Waals surface area (Å²) in [6.07, 6.45) is 14.6. The van der Waals surface area contributed by atoms with E-state index >= 15 is 0 Å². The predicted octanol–water partition coefficient (Wildman–Crippen LogP) is 11.1. The van der Waals surface area contributed by atoms with Crippen LogP contribution >= 0.6 is 0 Å². The summed E-state index contributed by atoms with van der Waals surface area (Å²) in [6, 6.07) is 44.9. The van der Waals surface area contributed by atoms with Gasteiger partial charge in [-0.25, -0.2) is 16.8 Å². The molecule has 71 heavy (non-hydrogen) atoms. The van der Waals surface area contributed by atoms with Gasteiger partial charge in [-0.2, -0.15) is 26.3 Å². The minimum Gasteiger partial charge on any atom is -0.741 e. The first-order valence-electron chi connectivity index (χ1n) is 20.1. The fourth-order valence-corrected chi connectivity index (χ4v) is 6.76. The van der Waals surface area contributed by atoms with Gasteiger partial charge in [0.05, 0.1) is 45.5 Å². The van der Waals surface area contributed by atoms with Crippen LogP contribution in [0, 0.1) is 0 Å². The van der Waals surface area contributed by atoms with E-state index in [1.165, 1.54) is 32.6 Å². The monoisotopic (exact) mass is 1100 g/mol. The van der Waals surface area contributed by atoms with Crippen molar-refractivity contribution in [1.82, 2.24) is 39.9 Å². The zero-order valence-corrected chi connectivity index (χ0v) is 39.3. The van der Waals surface area contributed by atoms with Crippen LogP contribution in [0.3, 0.4) is 0 Å². The molecule has 14 nitrogen and oxygen atoms in total. The van der Waals surface area contributed by atoms with E-state index in [4.69, 9.17) is 25.9 Å². The van der Waals surface area contributed by atoms with E-state index in [2.05, 4.69) is 125 Å². The number of nitrogens with one attached hydrogen (secondary N) is 2. The van der Waals surface area contributed by atoms with Gasteiger partial charge < -0.3 is 19.1 Å². The van der Waals surface area contributed by atoms with E-state index in [1.54, 1.807) is 24.8 Å². The third-order valence-corrected chi connectivity index (χ3v) is 11.0. The number of hydrogen-bond donors (Lipinski definition) is 2. The van der Waals surface area contributed by atoms with Crippen molar-refractivity contribution in [2.75, 3.05) is 0 Å². The second kappa shape index (κ2) is 22.5. The largest absolute Gasteiger partial charge is 2.00 e. The molecule has 0 fully saturated rings. The first kappa shape index (κ1) is 52.8. The van der Waals surface area contributed by atoms with Gasteiger partial charge in [-0.3, -0.25) is 29.9 Å². The number of halogens is 6. The Morgan fingerprint density at radius 1 is 0.366 bits per heavy atom. The van der Waals surface area contributed by atoms with Gasteiger partial charge in [0, 0.05) is 91.3 Å². The zero-order chi connectivity index (χ0) is 50.1. The van der Waals surface area contributed by atoms with Crippen molar-refractivity contribution in [2.24, 2.45) is 0 Å². The molecule has 0 saturated heterocycles. The minimum absolute atomic E-state index is 0. The number of hydrogen-bond acceptors (Lipinski definition) is 12. The third-order valence-electron chi connectivity index (χ3n) is 9.87. The summed E-state index contributed by atoms with van der Waals surface area (Å²) in [5, 5.41) is 9.56. The molecule has 0 amide bonds. The van der Waals surface area contributed by atoms with Crippen LogP contribution in [0.15, 0.2) is 183 Å². The molecule has 0 spiro atoms. The molecule has 0 aliphatic heterocycles. The van der Waals surface area contributed by atoms with Gasteiger partial charge in [-0.15, -0.1) is 0 Å². The fraction of sp³-hybridized carbons (Fsp3) is 0.0417. The Labute approximate surface area is 411 Å². The van der Waals surface area contributed by atoms with Gasteiger partial charge in [0.15, 0.2) is 20.2 Å². The number of aromatic nitrogens is 8. The second-order valence-electron chi connectivity index (χ2n) is 14.4. The van der Waals surface area contributed by atoms with Crippen molar-refractivity contribution in [2.45, 2.75) is 11.0 Å². The number of aromatic amines is 2. The van der Waals surface area contributed by atoms with Gasteiger partial charge in [0.2, 0.25) is 0 Å². The average Bonchev–Trinajstić information content (AvgIpc) is 3.93. The van der Waals surface area contributed by atoms with Crippen LogP contribution < -0.4 is 0 Å². The van der Waals surface area contributed by atoms with Crippen molar-refractivity contribution >= 4 is 107 Å². The summed E-state index contributed by atoms with van der Waals surface area (Å²) in [7, 11) is -12.2. The molecule has 2 N–H and O–H groups in total. The Kier molecular flexibility index (Phi) is 16.7. The van der Waals surface area contributed by atoms with E-state index in [0.717, 1.165) is 54.6 Å². The summed E-state index contributed by atoms with van der Waals surface area (Å²) >= 11 is 0. The summed E-state index contributed by atoms with van der Waals surface area (Å²) in [5.41, 5.74) is -2.84. The quantitative estimate of drug-likeness (QED) is 0.0476. The number of nitrogens with zero attached hydrogens (tertiary/aromatic N) is 6.